The van der Waals surface area contributed by atoms with E-state index in [0.29, 0.717) is 6.54 Å². The molecular formula is C16H16BrN5O. The number of aromatic nitrogens is 4. The van der Waals surface area contributed by atoms with Gasteiger partial charge >= 0.3 is 0 Å². The smallest absolute Gasteiger partial charge is 0.126 e. The summed E-state index contributed by atoms with van der Waals surface area (Å²) < 4.78 is 7.88. The Morgan fingerprint density at radius 1 is 1.26 bits per heavy atom. The van der Waals surface area contributed by atoms with Gasteiger partial charge in [0.25, 0.3) is 0 Å². The molecule has 0 aliphatic carbocycles. The Bertz CT molecular complexity index is 800. The van der Waals surface area contributed by atoms with Crippen LogP contribution in [0, 0.1) is 6.92 Å². The molecular weight excluding hydrogens is 358 g/mol. The van der Waals surface area contributed by atoms with Crippen molar-refractivity contribution in [2.75, 3.05) is 12.4 Å². The molecule has 0 unspecified atom stereocenters. The summed E-state index contributed by atoms with van der Waals surface area (Å²) in [6.45, 7) is 2.58. The zero-order valence-corrected chi connectivity index (χ0v) is 14.4. The number of methoxy groups -OCH3 is 1. The summed E-state index contributed by atoms with van der Waals surface area (Å²) >= 11 is 3.44. The van der Waals surface area contributed by atoms with Gasteiger partial charge in [0.2, 0.25) is 0 Å². The van der Waals surface area contributed by atoms with Crippen molar-refractivity contribution in [3.63, 3.8) is 0 Å². The van der Waals surface area contributed by atoms with Gasteiger partial charge in [-0.25, -0.2) is 9.67 Å². The molecule has 1 aromatic carbocycles. The monoisotopic (exact) mass is 373 g/mol. The van der Waals surface area contributed by atoms with Gasteiger partial charge < -0.3 is 10.1 Å². The van der Waals surface area contributed by atoms with Gasteiger partial charge in [-0.1, -0.05) is 5.21 Å². The van der Waals surface area contributed by atoms with Crippen LogP contribution in [0.2, 0.25) is 0 Å². The van der Waals surface area contributed by atoms with E-state index in [1.54, 1.807) is 18.0 Å². The summed E-state index contributed by atoms with van der Waals surface area (Å²) in [7, 11) is 1.64. The molecule has 0 bridgehead atoms. The zero-order valence-electron chi connectivity index (χ0n) is 12.8. The molecule has 0 saturated heterocycles. The van der Waals surface area contributed by atoms with Gasteiger partial charge in [0.05, 0.1) is 25.5 Å². The van der Waals surface area contributed by atoms with Crippen molar-refractivity contribution in [3.05, 3.63) is 58.5 Å². The maximum Gasteiger partial charge on any atom is 0.126 e. The number of hydrogen-bond acceptors (Lipinski definition) is 5. The lowest BCUT2D eigenvalue weighted by Gasteiger charge is -2.05. The zero-order chi connectivity index (χ0) is 16.2. The molecule has 0 atom stereocenters. The SMILES string of the molecule is COc1ccc(-n2cc(CNc3cc(C)c(Br)cn3)nn2)cc1. The minimum Gasteiger partial charge on any atom is -0.497 e. The quantitative estimate of drug-likeness (QED) is 0.742. The largest absolute Gasteiger partial charge is 0.497 e. The molecule has 2 heterocycles. The van der Waals surface area contributed by atoms with Crippen molar-refractivity contribution in [2.45, 2.75) is 13.5 Å². The molecule has 0 fully saturated rings. The number of ether oxygens (including phenoxy) is 1. The highest BCUT2D eigenvalue weighted by atomic mass is 79.9. The average molecular weight is 374 g/mol. The topological polar surface area (TPSA) is 64.9 Å². The second kappa shape index (κ2) is 6.78. The Balaban J connectivity index is 1.67. The van der Waals surface area contributed by atoms with E-state index >= 15 is 0 Å². The maximum absolute atomic E-state index is 5.15. The minimum atomic E-state index is 0.560. The number of benzene rings is 1. The first kappa shape index (κ1) is 15.5. The highest BCUT2D eigenvalue weighted by Gasteiger charge is 2.04. The van der Waals surface area contributed by atoms with Crippen LogP contribution < -0.4 is 10.1 Å². The first-order valence-electron chi connectivity index (χ1n) is 7.07. The van der Waals surface area contributed by atoms with Crippen molar-refractivity contribution in [1.29, 1.82) is 0 Å². The fourth-order valence-corrected chi connectivity index (χ4v) is 2.27. The summed E-state index contributed by atoms with van der Waals surface area (Å²) in [5, 5.41) is 11.6. The molecule has 0 aliphatic heterocycles. The number of nitrogens with one attached hydrogen (secondary N) is 1. The summed E-state index contributed by atoms with van der Waals surface area (Å²) in [4.78, 5) is 4.31. The standard InChI is InChI=1S/C16H16BrN5O/c1-11-7-16(19-9-15(11)17)18-8-12-10-22(21-20-12)13-3-5-14(23-2)6-4-13/h3-7,9-10H,8H2,1-2H3,(H,18,19). The first-order chi connectivity index (χ1) is 11.2. The molecule has 7 heteroatoms. The number of halogens is 1. The van der Waals surface area contributed by atoms with E-state index in [1.807, 2.05) is 43.5 Å². The van der Waals surface area contributed by atoms with E-state index in [2.05, 4.69) is 36.5 Å². The van der Waals surface area contributed by atoms with E-state index in [4.69, 9.17) is 4.74 Å². The molecule has 1 N–H and O–H groups in total. The van der Waals surface area contributed by atoms with Crippen molar-refractivity contribution >= 4 is 21.7 Å². The summed E-state index contributed by atoms with van der Waals surface area (Å²) in [5.41, 5.74) is 2.90. The van der Waals surface area contributed by atoms with Crippen molar-refractivity contribution in [1.82, 2.24) is 20.0 Å². The van der Waals surface area contributed by atoms with Crippen LogP contribution in [-0.2, 0) is 6.54 Å². The lowest BCUT2D eigenvalue weighted by atomic mass is 10.3. The fourth-order valence-electron chi connectivity index (χ4n) is 2.06. The highest BCUT2D eigenvalue weighted by Crippen LogP contribution is 2.18. The van der Waals surface area contributed by atoms with Crippen LogP contribution in [0.5, 0.6) is 5.75 Å². The lowest BCUT2D eigenvalue weighted by Crippen LogP contribution is -2.02. The Morgan fingerprint density at radius 3 is 2.74 bits per heavy atom. The summed E-state index contributed by atoms with van der Waals surface area (Å²) in [5.74, 6) is 1.62. The van der Waals surface area contributed by atoms with Gasteiger partial charge in [0, 0.05) is 10.7 Å². The van der Waals surface area contributed by atoms with Gasteiger partial charge in [-0.3, -0.25) is 0 Å². The molecule has 0 saturated carbocycles. The van der Waals surface area contributed by atoms with Crippen LogP contribution in [0.15, 0.2) is 47.2 Å². The van der Waals surface area contributed by atoms with E-state index < -0.39 is 0 Å². The van der Waals surface area contributed by atoms with Crippen LogP contribution in [-0.4, -0.2) is 27.1 Å². The van der Waals surface area contributed by atoms with Crippen molar-refractivity contribution in [3.8, 4) is 11.4 Å². The van der Waals surface area contributed by atoms with Crippen LogP contribution >= 0.6 is 15.9 Å². The highest BCUT2D eigenvalue weighted by molar-refractivity contribution is 9.10. The van der Waals surface area contributed by atoms with Gasteiger partial charge in [0.15, 0.2) is 0 Å². The number of pyridine rings is 1. The normalized spacial score (nSPS) is 10.6. The molecule has 0 radical (unpaired) electrons. The molecule has 118 valence electrons. The number of anilines is 1. The van der Waals surface area contributed by atoms with Crippen LogP contribution in [0.1, 0.15) is 11.3 Å². The molecule has 3 aromatic rings. The Hall–Kier alpha value is -2.41. The van der Waals surface area contributed by atoms with Gasteiger partial charge in [0.1, 0.15) is 17.3 Å². The van der Waals surface area contributed by atoms with E-state index in [0.717, 1.165) is 33.0 Å². The Labute approximate surface area is 142 Å². The van der Waals surface area contributed by atoms with Crippen molar-refractivity contribution < 1.29 is 4.74 Å². The lowest BCUT2D eigenvalue weighted by molar-refractivity contribution is 0.414. The summed E-state index contributed by atoms with van der Waals surface area (Å²) in [6.07, 6.45) is 3.67. The predicted molar refractivity (Wildman–Crippen MR) is 91.9 cm³/mol. The Kier molecular flexibility index (Phi) is 4.57. The van der Waals surface area contributed by atoms with E-state index in [1.165, 1.54) is 0 Å². The second-order valence-corrected chi connectivity index (χ2v) is 5.88. The molecule has 23 heavy (non-hydrogen) atoms. The maximum atomic E-state index is 5.15. The molecule has 6 nitrogen and oxygen atoms in total. The second-order valence-electron chi connectivity index (χ2n) is 5.02. The van der Waals surface area contributed by atoms with Crippen LogP contribution in [0.3, 0.4) is 0 Å². The van der Waals surface area contributed by atoms with Gasteiger partial charge in [-0.05, 0) is 58.7 Å². The third kappa shape index (κ3) is 3.68. The number of nitrogens with zero attached hydrogens (tertiary/aromatic N) is 4. The van der Waals surface area contributed by atoms with E-state index in [-0.39, 0.29) is 0 Å². The predicted octanol–water partition coefficient (Wildman–Crippen LogP) is 3.35. The molecule has 0 aliphatic rings. The van der Waals surface area contributed by atoms with Crippen LogP contribution in [0.4, 0.5) is 5.82 Å². The molecule has 0 spiro atoms. The minimum absolute atomic E-state index is 0.560. The summed E-state index contributed by atoms with van der Waals surface area (Å²) in [6, 6.07) is 9.64. The Morgan fingerprint density at radius 2 is 2.04 bits per heavy atom. The van der Waals surface area contributed by atoms with E-state index in [9.17, 15) is 0 Å². The van der Waals surface area contributed by atoms with Crippen molar-refractivity contribution in [2.24, 2.45) is 0 Å². The number of rotatable bonds is 5. The fraction of sp³-hybridized carbons (Fsp3) is 0.188. The van der Waals surface area contributed by atoms with Gasteiger partial charge in [-0.2, -0.15) is 0 Å². The first-order valence-corrected chi connectivity index (χ1v) is 7.86. The molecule has 0 amide bonds. The number of hydrogen-bond donors (Lipinski definition) is 1. The molecule has 3 rings (SSSR count). The average Bonchev–Trinajstić information content (AvgIpc) is 3.05. The van der Waals surface area contributed by atoms with Crippen LogP contribution in [0.25, 0.3) is 5.69 Å². The third-order valence-electron chi connectivity index (χ3n) is 3.38. The molecule has 2 aromatic heterocycles. The van der Waals surface area contributed by atoms with Gasteiger partial charge in [-0.15, -0.1) is 5.10 Å². The number of aryl methyl sites for hydroxylation is 1. The third-order valence-corrected chi connectivity index (χ3v) is 4.21.